The first-order valence-electron chi connectivity index (χ1n) is 15.4. The quantitative estimate of drug-likeness (QED) is 0.134. The van der Waals surface area contributed by atoms with E-state index in [0.717, 1.165) is 68.9 Å². The number of hydrogen-bond donors (Lipinski definition) is 0. The van der Waals surface area contributed by atoms with Crippen LogP contribution < -0.4 is 16.0 Å². The highest BCUT2D eigenvalue weighted by molar-refractivity contribution is 5.79. The number of benzene rings is 2. The van der Waals surface area contributed by atoms with Gasteiger partial charge in [0.05, 0.1) is 13.2 Å². The molecule has 0 spiro atoms. The summed E-state index contributed by atoms with van der Waals surface area (Å²) in [4.78, 5) is 38.6. The lowest BCUT2D eigenvalue weighted by molar-refractivity contribution is -0.158. The fourth-order valence-corrected chi connectivity index (χ4v) is 4.89. The average Bonchev–Trinajstić information content (AvgIpc) is 2.97. The molecule has 8 heteroatoms. The monoisotopic (exact) mass is 577 g/mol. The average molecular weight is 578 g/mol. The van der Waals surface area contributed by atoms with Gasteiger partial charge < -0.3 is 9.47 Å². The molecule has 0 radical (unpaired) electrons. The van der Waals surface area contributed by atoms with E-state index in [1.807, 2.05) is 48.5 Å². The van der Waals surface area contributed by atoms with Gasteiger partial charge >= 0.3 is 11.7 Å². The van der Waals surface area contributed by atoms with Crippen LogP contribution in [0.1, 0.15) is 95.9 Å². The maximum atomic E-state index is 13.3. The Morgan fingerprint density at radius 1 is 0.833 bits per heavy atom. The lowest BCUT2D eigenvalue weighted by Crippen LogP contribution is -2.43. The molecular weight excluding hydrogens is 530 g/mol. The number of unbranched alkanes of at least 4 members (excludes halogenated alkanes) is 6. The summed E-state index contributed by atoms with van der Waals surface area (Å²) in [5.74, 6) is 0.259. The number of esters is 1. The standard InChI is InChI=1S/C34H47N3O5/c1-5-7-8-15-23-30-31(38)36(26-28-19-13-11-14-20-28)33(40)37(35-30)24-16-10-9-12-18-27-21-17-22-29(25-27)42-34(3,4)32(39)41-6-2/h11,13-14,17,19-22,25H,5-10,12,15-16,18,23-24,26H2,1-4H3. The molecule has 2 aromatic carbocycles. The molecule has 0 bridgehead atoms. The van der Waals surface area contributed by atoms with Gasteiger partial charge in [0, 0.05) is 6.54 Å². The summed E-state index contributed by atoms with van der Waals surface area (Å²) in [7, 11) is 0. The van der Waals surface area contributed by atoms with Gasteiger partial charge in [-0.15, -0.1) is 0 Å². The van der Waals surface area contributed by atoms with Crippen LogP contribution in [0, 0.1) is 0 Å². The summed E-state index contributed by atoms with van der Waals surface area (Å²) in [6, 6.07) is 17.4. The van der Waals surface area contributed by atoms with Crippen molar-refractivity contribution in [1.82, 2.24) is 14.3 Å². The van der Waals surface area contributed by atoms with Crippen molar-refractivity contribution in [2.75, 3.05) is 6.61 Å². The molecule has 0 atom stereocenters. The zero-order chi connectivity index (χ0) is 30.4. The molecule has 0 aliphatic heterocycles. The number of nitrogens with zero attached hydrogens (tertiary/aromatic N) is 3. The van der Waals surface area contributed by atoms with Gasteiger partial charge in [0.25, 0.3) is 5.56 Å². The van der Waals surface area contributed by atoms with Gasteiger partial charge in [0.15, 0.2) is 5.60 Å². The van der Waals surface area contributed by atoms with E-state index in [0.29, 0.717) is 31.0 Å². The Labute approximate surface area is 249 Å². The van der Waals surface area contributed by atoms with E-state index < -0.39 is 5.60 Å². The molecule has 228 valence electrons. The van der Waals surface area contributed by atoms with Crippen molar-refractivity contribution in [1.29, 1.82) is 0 Å². The highest BCUT2D eigenvalue weighted by Gasteiger charge is 2.31. The number of ether oxygens (including phenoxy) is 2. The second kappa shape index (κ2) is 16.7. The van der Waals surface area contributed by atoms with Crippen molar-refractivity contribution in [2.45, 2.75) is 111 Å². The van der Waals surface area contributed by atoms with Crippen molar-refractivity contribution in [2.24, 2.45) is 0 Å². The molecule has 0 fully saturated rings. The topological polar surface area (TPSA) is 92.4 Å². The fraction of sp³-hybridized carbons (Fsp3) is 0.529. The molecule has 3 rings (SSSR count). The molecule has 0 unspecified atom stereocenters. The third kappa shape index (κ3) is 10.00. The van der Waals surface area contributed by atoms with Crippen LogP contribution in [0.5, 0.6) is 5.75 Å². The molecule has 1 heterocycles. The predicted molar refractivity (Wildman–Crippen MR) is 166 cm³/mol. The molecule has 0 N–H and O–H groups in total. The zero-order valence-corrected chi connectivity index (χ0v) is 25.8. The van der Waals surface area contributed by atoms with Crippen LogP contribution in [-0.2, 0) is 35.5 Å². The van der Waals surface area contributed by atoms with E-state index in [-0.39, 0.29) is 23.8 Å². The number of hydrogen-bond acceptors (Lipinski definition) is 6. The van der Waals surface area contributed by atoms with Gasteiger partial charge in [-0.05, 0) is 76.1 Å². The molecule has 42 heavy (non-hydrogen) atoms. The molecule has 0 aliphatic rings. The van der Waals surface area contributed by atoms with E-state index in [2.05, 4.69) is 18.1 Å². The molecule has 3 aromatic rings. The summed E-state index contributed by atoms with van der Waals surface area (Å²) in [5.41, 5.74) is 0.878. The van der Waals surface area contributed by atoms with Crippen molar-refractivity contribution in [3.8, 4) is 5.75 Å². The van der Waals surface area contributed by atoms with Gasteiger partial charge in [-0.3, -0.25) is 9.36 Å². The van der Waals surface area contributed by atoms with Gasteiger partial charge in [0.1, 0.15) is 11.4 Å². The van der Waals surface area contributed by atoms with Crippen LogP contribution in [0.4, 0.5) is 0 Å². The van der Waals surface area contributed by atoms with Crippen LogP contribution in [0.3, 0.4) is 0 Å². The van der Waals surface area contributed by atoms with Crippen LogP contribution in [-0.4, -0.2) is 32.5 Å². The van der Waals surface area contributed by atoms with E-state index in [9.17, 15) is 14.4 Å². The number of rotatable bonds is 18. The summed E-state index contributed by atoms with van der Waals surface area (Å²) in [6.07, 6.45) is 9.42. The molecular formula is C34H47N3O5. The maximum absolute atomic E-state index is 13.3. The van der Waals surface area contributed by atoms with Crippen molar-refractivity contribution >= 4 is 5.97 Å². The van der Waals surface area contributed by atoms with Crippen molar-refractivity contribution < 1.29 is 14.3 Å². The van der Waals surface area contributed by atoms with Crippen LogP contribution in [0.2, 0.25) is 0 Å². The van der Waals surface area contributed by atoms with E-state index in [1.54, 1.807) is 20.8 Å². The Bertz CT molecular complexity index is 1380. The Kier molecular flexibility index (Phi) is 13.0. The number of aromatic nitrogens is 3. The Hall–Kier alpha value is -3.68. The van der Waals surface area contributed by atoms with Crippen LogP contribution in [0.25, 0.3) is 0 Å². The van der Waals surface area contributed by atoms with Gasteiger partial charge in [-0.1, -0.05) is 81.5 Å². The molecule has 0 saturated carbocycles. The summed E-state index contributed by atoms with van der Waals surface area (Å²) < 4.78 is 13.9. The third-order valence-electron chi connectivity index (χ3n) is 7.26. The number of carbonyl (C=O) groups is 1. The second-order valence-electron chi connectivity index (χ2n) is 11.3. The highest BCUT2D eigenvalue weighted by Crippen LogP contribution is 2.22. The molecule has 8 nitrogen and oxygen atoms in total. The minimum absolute atomic E-state index is 0.253. The summed E-state index contributed by atoms with van der Waals surface area (Å²) >= 11 is 0. The lowest BCUT2D eigenvalue weighted by atomic mass is 10.1. The highest BCUT2D eigenvalue weighted by atomic mass is 16.6. The van der Waals surface area contributed by atoms with Crippen LogP contribution >= 0.6 is 0 Å². The normalized spacial score (nSPS) is 11.4. The maximum Gasteiger partial charge on any atom is 0.349 e. The van der Waals surface area contributed by atoms with E-state index in [4.69, 9.17) is 9.47 Å². The Morgan fingerprint density at radius 3 is 2.26 bits per heavy atom. The van der Waals surface area contributed by atoms with E-state index in [1.165, 1.54) is 9.25 Å². The Morgan fingerprint density at radius 2 is 1.52 bits per heavy atom. The summed E-state index contributed by atoms with van der Waals surface area (Å²) in [5, 5.41) is 4.52. The molecule has 0 amide bonds. The minimum atomic E-state index is -1.06. The fourth-order valence-electron chi connectivity index (χ4n) is 4.89. The van der Waals surface area contributed by atoms with Crippen molar-refractivity contribution in [3.05, 3.63) is 92.3 Å². The number of aryl methyl sites for hydroxylation is 3. The molecule has 0 saturated heterocycles. The second-order valence-corrected chi connectivity index (χ2v) is 11.3. The SMILES string of the molecule is CCCCCCc1nn(CCCCCCc2cccc(OC(C)(C)C(=O)OCC)c2)c(=O)n(Cc2ccccc2)c1=O. The zero-order valence-electron chi connectivity index (χ0n) is 25.8. The molecule has 1 aromatic heterocycles. The first kappa shape index (κ1) is 32.8. The van der Waals surface area contributed by atoms with E-state index >= 15 is 0 Å². The molecule has 0 aliphatic carbocycles. The predicted octanol–water partition coefficient (Wildman–Crippen LogP) is 6.10. The Balaban J connectivity index is 1.56. The van der Waals surface area contributed by atoms with Gasteiger partial charge in [-0.25, -0.2) is 14.3 Å². The first-order valence-corrected chi connectivity index (χ1v) is 15.4. The van der Waals surface area contributed by atoms with Gasteiger partial charge in [0.2, 0.25) is 0 Å². The lowest BCUT2D eigenvalue weighted by Gasteiger charge is -2.24. The van der Waals surface area contributed by atoms with Crippen LogP contribution in [0.15, 0.2) is 64.2 Å². The summed E-state index contributed by atoms with van der Waals surface area (Å²) in [6.45, 7) is 8.41. The number of carbonyl (C=O) groups excluding carboxylic acids is 1. The van der Waals surface area contributed by atoms with Gasteiger partial charge in [-0.2, -0.15) is 5.10 Å². The third-order valence-corrected chi connectivity index (χ3v) is 7.26. The first-order chi connectivity index (χ1) is 20.2. The minimum Gasteiger partial charge on any atom is -0.476 e. The smallest absolute Gasteiger partial charge is 0.349 e. The largest absolute Gasteiger partial charge is 0.476 e. The van der Waals surface area contributed by atoms with Crippen molar-refractivity contribution in [3.63, 3.8) is 0 Å².